The molecule has 1 N–H and O–H groups in total. The molecule has 0 aliphatic heterocycles. The molecule has 1 saturated carbocycles. The molecule has 0 spiro atoms. The van der Waals surface area contributed by atoms with Gasteiger partial charge in [0, 0.05) is 19.7 Å². The molecule has 0 aromatic rings. The van der Waals surface area contributed by atoms with E-state index < -0.39 is 9.84 Å². The van der Waals surface area contributed by atoms with Crippen molar-refractivity contribution >= 4 is 9.84 Å². The van der Waals surface area contributed by atoms with Crippen LogP contribution >= 0.6 is 0 Å². The predicted molar refractivity (Wildman–Crippen MR) is 65.4 cm³/mol. The van der Waals surface area contributed by atoms with E-state index in [1.165, 1.54) is 0 Å². The van der Waals surface area contributed by atoms with Gasteiger partial charge in [0.15, 0.2) is 9.84 Å². The Hall–Kier alpha value is -0.130. The van der Waals surface area contributed by atoms with E-state index in [1.54, 1.807) is 21.0 Å². The van der Waals surface area contributed by atoms with Gasteiger partial charge in [0.25, 0.3) is 0 Å². The van der Waals surface area contributed by atoms with E-state index in [0.29, 0.717) is 18.7 Å². The Morgan fingerprint density at radius 1 is 1.38 bits per heavy atom. The lowest BCUT2D eigenvalue weighted by atomic mass is 10.2. The van der Waals surface area contributed by atoms with E-state index >= 15 is 0 Å². The Morgan fingerprint density at radius 3 is 2.56 bits per heavy atom. The first-order valence-corrected chi connectivity index (χ1v) is 7.65. The molecule has 4 nitrogen and oxygen atoms in total. The monoisotopic (exact) mass is 249 g/mol. The summed E-state index contributed by atoms with van der Waals surface area (Å²) in [7, 11) is -1.17. The molecule has 0 aromatic heterocycles. The molecule has 2 unspecified atom stereocenters. The Kier molecular flexibility index (Phi) is 5.21. The summed E-state index contributed by atoms with van der Waals surface area (Å²) in [5.41, 5.74) is 0. The minimum absolute atomic E-state index is 0.235. The van der Waals surface area contributed by atoms with Gasteiger partial charge in [0.1, 0.15) is 0 Å². The lowest BCUT2D eigenvalue weighted by molar-refractivity contribution is 0.107. The van der Waals surface area contributed by atoms with Gasteiger partial charge >= 0.3 is 0 Å². The zero-order valence-electron chi connectivity index (χ0n) is 10.4. The van der Waals surface area contributed by atoms with Gasteiger partial charge in [0.2, 0.25) is 0 Å². The van der Waals surface area contributed by atoms with Crippen LogP contribution in [-0.4, -0.2) is 45.2 Å². The maximum Gasteiger partial charge on any atom is 0.153 e. The van der Waals surface area contributed by atoms with Crippen molar-refractivity contribution in [2.45, 2.75) is 50.5 Å². The summed E-state index contributed by atoms with van der Waals surface area (Å²) < 4.78 is 28.4. The third-order valence-electron chi connectivity index (χ3n) is 3.26. The summed E-state index contributed by atoms with van der Waals surface area (Å²) in [5.74, 6) is 0.235. The van der Waals surface area contributed by atoms with Crippen LogP contribution < -0.4 is 5.32 Å². The number of sulfone groups is 1. The van der Waals surface area contributed by atoms with E-state index in [0.717, 1.165) is 19.3 Å². The molecular weight excluding hydrogens is 226 g/mol. The molecule has 0 amide bonds. The summed E-state index contributed by atoms with van der Waals surface area (Å²) in [6.45, 7) is 4.01. The molecule has 5 heteroatoms. The number of hydrogen-bond acceptors (Lipinski definition) is 4. The average Bonchev–Trinajstić information content (AvgIpc) is 2.65. The van der Waals surface area contributed by atoms with Crippen LogP contribution in [0.3, 0.4) is 0 Å². The van der Waals surface area contributed by atoms with E-state index in [2.05, 4.69) is 5.32 Å². The molecule has 0 saturated heterocycles. The third-order valence-corrected chi connectivity index (χ3v) is 5.47. The van der Waals surface area contributed by atoms with Gasteiger partial charge in [-0.3, -0.25) is 0 Å². The Morgan fingerprint density at radius 2 is 2.06 bits per heavy atom. The van der Waals surface area contributed by atoms with Crippen molar-refractivity contribution in [2.75, 3.05) is 19.4 Å². The fourth-order valence-corrected chi connectivity index (χ4v) is 2.85. The first-order valence-electron chi connectivity index (χ1n) is 5.93. The van der Waals surface area contributed by atoms with Gasteiger partial charge in [0.05, 0.1) is 17.1 Å². The number of hydrogen-bond donors (Lipinski definition) is 1. The van der Waals surface area contributed by atoms with E-state index in [1.807, 2.05) is 0 Å². The van der Waals surface area contributed by atoms with Gasteiger partial charge < -0.3 is 10.1 Å². The molecule has 1 rings (SSSR count). The number of nitrogens with one attached hydrogen (secondary N) is 1. The summed E-state index contributed by atoms with van der Waals surface area (Å²) in [6, 6.07) is 0.423. The number of rotatable bonds is 6. The topological polar surface area (TPSA) is 55.4 Å². The molecule has 0 heterocycles. The van der Waals surface area contributed by atoms with Gasteiger partial charge in [-0.05, 0) is 33.1 Å². The second kappa shape index (κ2) is 5.98. The van der Waals surface area contributed by atoms with Gasteiger partial charge in [-0.1, -0.05) is 0 Å². The molecule has 16 heavy (non-hydrogen) atoms. The highest BCUT2D eigenvalue weighted by Crippen LogP contribution is 2.21. The van der Waals surface area contributed by atoms with Crippen molar-refractivity contribution in [3.63, 3.8) is 0 Å². The summed E-state index contributed by atoms with van der Waals surface area (Å²) in [4.78, 5) is 0. The van der Waals surface area contributed by atoms with Crippen LogP contribution in [0.5, 0.6) is 0 Å². The Labute approximate surface area is 98.7 Å². The fraction of sp³-hybridized carbons (Fsp3) is 1.00. The molecule has 0 aromatic carbocycles. The van der Waals surface area contributed by atoms with E-state index in [4.69, 9.17) is 4.74 Å². The van der Waals surface area contributed by atoms with Crippen molar-refractivity contribution < 1.29 is 13.2 Å². The SMILES string of the molecule is COC1CCC(NCCS(=O)(=O)C(C)C)C1. The molecule has 1 fully saturated rings. The van der Waals surface area contributed by atoms with Crippen LogP contribution in [0, 0.1) is 0 Å². The zero-order chi connectivity index (χ0) is 12.2. The van der Waals surface area contributed by atoms with Gasteiger partial charge in [-0.25, -0.2) is 8.42 Å². The fourth-order valence-electron chi connectivity index (χ4n) is 1.98. The molecular formula is C11H23NO3S. The van der Waals surface area contributed by atoms with Crippen LogP contribution in [0.1, 0.15) is 33.1 Å². The van der Waals surface area contributed by atoms with E-state index in [9.17, 15) is 8.42 Å². The number of methoxy groups -OCH3 is 1. The first kappa shape index (κ1) is 13.9. The molecule has 0 bridgehead atoms. The second-order valence-corrected chi connectivity index (χ2v) is 7.41. The normalized spacial score (nSPS) is 26.5. The minimum atomic E-state index is -2.90. The van der Waals surface area contributed by atoms with E-state index in [-0.39, 0.29) is 11.0 Å². The second-order valence-electron chi connectivity index (χ2n) is 4.74. The standard InChI is InChI=1S/C11H23NO3S/c1-9(2)16(13,14)7-6-12-10-4-5-11(8-10)15-3/h9-12H,4-8H2,1-3H3. The van der Waals surface area contributed by atoms with Crippen LogP contribution in [0.25, 0.3) is 0 Å². The van der Waals surface area contributed by atoms with Crippen molar-refractivity contribution in [3.8, 4) is 0 Å². The zero-order valence-corrected chi connectivity index (χ0v) is 11.2. The lowest BCUT2D eigenvalue weighted by Gasteiger charge is -2.13. The summed E-state index contributed by atoms with van der Waals surface area (Å²) in [5, 5.41) is 3.02. The summed E-state index contributed by atoms with van der Waals surface area (Å²) >= 11 is 0. The van der Waals surface area contributed by atoms with Crippen molar-refractivity contribution in [1.82, 2.24) is 5.32 Å². The highest BCUT2D eigenvalue weighted by Gasteiger charge is 2.24. The van der Waals surface area contributed by atoms with Gasteiger partial charge in [-0.15, -0.1) is 0 Å². The Bertz CT molecular complexity index is 300. The third kappa shape index (κ3) is 4.03. The van der Waals surface area contributed by atoms with Gasteiger partial charge in [-0.2, -0.15) is 0 Å². The average molecular weight is 249 g/mol. The van der Waals surface area contributed by atoms with Crippen LogP contribution in [0.15, 0.2) is 0 Å². The van der Waals surface area contributed by atoms with Crippen molar-refractivity contribution in [3.05, 3.63) is 0 Å². The van der Waals surface area contributed by atoms with Crippen LogP contribution in [-0.2, 0) is 14.6 Å². The van der Waals surface area contributed by atoms with Crippen LogP contribution in [0.4, 0.5) is 0 Å². The quantitative estimate of drug-likeness (QED) is 0.762. The molecule has 96 valence electrons. The molecule has 2 atom stereocenters. The van der Waals surface area contributed by atoms with Crippen LogP contribution in [0.2, 0.25) is 0 Å². The Balaban J connectivity index is 2.22. The maximum atomic E-state index is 11.6. The van der Waals surface area contributed by atoms with Crippen molar-refractivity contribution in [1.29, 1.82) is 0 Å². The maximum absolute atomic E-state index is 11.6. The molecule has 1 aliphatic rings. The lowest BCUT2D eigenvalue weighted by Crippen LogP contribution is -2.33. The highest BCUT2D eigenvalue weighted by atomic mass is 32.2. The molecule has 0 radical (unpaired) electrons. The first-order chi connectivity index (χ1) is 7.45. The summed E-state index contributed by atoms with van der Waals surface area (Å²) in [6.07, 6.45) is 3.50. The number of ether oxygens (including phenoxy) is 1. The highest BCUT2D eigenvalue weighted by molar-refractivity contribution is 7.92. The largest absolute Gasteiger partial charge is 0.381 e. The smallest absolute Gasteiger partial charge is 0.153 e. The van der Waals surface area contributed by atoms with Crippen molar-refractivity contribution in [2.24, 2.45) is 0 Å². The minimum Gasteiger partial charge on any atom is -0.381 e. The molecule has 1 aliphatic carbocycles. The predicted octanol–water partition coefficient (Wildman–Crippen LogP) is 0.967.